The molecule has 0 aliphatic carbocycles. The number of rotatable bonds is 6. The van der Waals surface area contributed by atoms with E-state index in [1.165, 1.54) is 12.8 Å². The lowest BCUT2D eigenvalue weighted by molar-refractivity contribution is -0.124. The molecule has 1 aliphatic heterocycles. The second-order valence-corrected chi connectivity index (χ2v) is 3.94. The topological polar surface area (TPSA) is 46.2 Å². The summed E-state index contributed by atoms with van der Waals surface area (Å²) in [5.74, 6) is 0.240. The Labute approximate surface area is 85.3 Å². The van der Waals surface area contributed by atoms with E-state index in [1.54, 1.807) is 0 Å². The molecule has 14 heavy (non-hydrogen) atoms. The molecule has 0 aromatic heterocycles. The van der Waals surface area contributed by atoms with Crippen LogP contribution in [0.4, 0.5) is 0 Å². The lowest BCUT2D eigenvalue weighted by Crippen LogP contribution is -2.32. The van der Waals surface area contributed by atoms with Crippen molar-refractivity contribution in [2.75, 3.05) is 0 Å². The van der Waals surface area contributed by atoms with Crippen LogP contribution in [0, 0.1) is 0 Å². The zero-order valence-electron chi connectivity index (χ0n) is 8.84. The molecule has 1 heterocycles. The number of ketones is 1. The Morgan fingerprint density at radius 1 is 1.43 bits per heavy atom. The van der Waals surface area contributed by atoms with E-state index in [0.29, 0.717) is 19.3 Å². The van der Waals surface area contributed by atoms with Gasteiger partial charge in [-0.2, -0.15) is 0 Å². The average molecular weight is 197 g/mol. The van der Waals surface area contributed by atoms with Gasteiger partial charge in [-0.15, -0.1) is 0 Å². The molecule has 0 radical (unpaired) electrons. The third-order valence-electron chi connectivity index (χ3n) is 2.66. The number of nitrogens with one attached hydrogen (secondary N) is 1. The fraction of sp³-hybridized carbons (Fsp3) is 0.818. The number of amides is 1. The summed E-state index contributed by atoms with van der Waals surface area (Å²) in [6, 6.07) is -0.177. The fourth-order valence-electron chi connectivity index (χ4n) is 1.76. The number of carbonyl (C=O) groups is 2. The van der Waals surface area contributed by atoms with E-state index in [2.05, 4.69) is 12.2 Å². The first-order chi connectivity index (χ1) is 6.74. The molecule has 1 saturated heterocycles. The van der Waals surface area contributed by atoms with Crippen molar-refractivity contribution in [2.45, 2.75) is 57.9 Å². The van der Waals surface area contributed by atoms with Gasteiger partial charge in [0, 0.05) is 12.8 Å². The van der Waals surface area contributed by atoms with Crippen molar-refractivity contribution < 1.29 is 9.59 Å². The molecule has 3 nitrogen and oxygen atoms in total. The Morgan fingerprint density at radius 3 is 2.79 bits per heavy atom. The molecule has 80 valence electrons. The van der Waals surface area contributed by atoms with Gasteiger partial charge in [-0.05, 0) is 12.8 Å². The smallest absolute Gasteiger partial charge is 0.220 e. The molecule has 1 fully saturated rings. The summed E-state index contributed by atoms with van der Waals surface area (Å²) in [6.45, 7) is 2.15. The van der Waals surface area contributed by atoms with Gasteiger partial charge in [0.25, 0.3) is 0 Å². The van der Waals surface area contributed by atoms with E-state index >= 15 is 0 Å². The predicted octanol–water partition coefficient (Wildman–Crippen LogP) is 1.80. The molecule has 1 N–H and O–H groups in total. The zero-order valence-corrected chi connectivity index (χ0v) is 8.84. The summed E-state index contributed by atoms with van der Waals surface area (Å²) < 4.78 is 0. The van der Waals surface area contributed by atoms with Crippen molar-refractivity contribution in [2.24, 2.45) is 0 Å². The third kappa shape index (κ3) is 3.48. The highest BCUT2D eigenvalue weighted by Gasteiger charge is 2.26. The number of hydrogen-bond donors (Lipinski definition) is 1. The third-order valence-corrected chi connectivity index (χ3v) is 2.66. The average Bonchev–Trinajstić information content (AvgIpc) is 2.59. The highest BCUT2D eigenvalue weighted by Crippen LogP contribution is 2.11. The van der Waals surface area contributed by atoms with Gasteiger partial charge in [-0.1, -0.05) is 26.2 Å². The van der Waals surface area contributed by atoms with Gasteiger partial charge in [-0.25, -0.2) is 0 Å². The first kappa shape index (κ1) is 11.2. The standard InChI is InChI=1S/C11H19NO2/c1-2-3-4-5-6-10(13)9-7-8-11(14)12-9/h9H,2-8H2,1H3,(H,12,14)/t9-/m0/s1. The Balaban J connectivity index is 2.12. The maximum atomic E-state index is 11.5. The molecule has 0 saturated carbocycles. The summed E-state index contributed by atoms with van der Waals surface area (Å²) in [7, 11) is 0. The Hall–Kier alpha value is -0.860. The summed E-state index contributed by atoms with van der Waals surface area (Å²) in [5.41, 5.74) is 0. The van der Waals surface area contributed by atoms with Crippen molar-refractivity contribution in [3.05, 3.63) is 0 Å². The molecule has 0 aromatic rings. The van der Waals surface area contributed by atoms with Crippen molar-refractivity contribution >= 4 is 11.7 Å². The van der Waals surface area contributed by atoms with Gasteiger partial charge in [0.2, 0.25) is 5.91 Å². The minimum atomic E-state index is -0.177. The number of unbranched alkanes of at least 4 members (excludes halogenated alkanes) is 3. The Bertz CT molecular complexity index is 213. The van der Waals surface area contributed by atoms with Crippen LogP contribution in [0.2, 0.25) is 0 Å². The van der Waals surface area contributed by atoms with Crippen molar-refractivity contribution in [3.63, 3.8) is 0 Å². The van der Waals surface area contributed by atoms with Crippen LogP contribution < -0.4 is 5.32 Å². The van der Waals surface area contributed by atoms with E-state index in [0.717, 1.165) is 12.8 Å². The molecule has 0 aromatic carbocycles. The van der Waals surface area contributed by atoms with Gasteiger partial charge in [0.1, 0.15) is 0 Å². The lowest BCUT2D eigenvalue weighted by Gasteiger charge is -2.07. The molecule has 0 spiro atoms. The lowest BCUT2D eigenvalue weighted by atomic mass is 10.0. The van der Waals surface area contributed by atoms with E-state index in [1.807, 2.05) is 0 Å². The SMILES string of the molecule is CCCCCCC(=O)[C@@H]1CCC(=O)N1. The van der Waals surface area contributed by atoms with Gasteiger partial charge < -0.3 is 5.32 Å². The van der Waals surface area contributed by atoms with Gasteiger partial charge >= 0.3 is 0 Å². The van der Waals surface area contributed by atoms with E-state index in [4.69, 9.17) is 0 Å². The second-order valence-electron chi connectivity index (χ2n) is 3.94. The molecule has 1 amide bonds. The summed E-state index contributed by atoms with van der Waals surface area (Å²) in [6.07, 6.45) is 6.34. The van der Waals surface area contributed by atoms with Crippen molar-refractivity contribution in [3.8, 4) is 0 Å². The molecule has 1 rings (SSSR count). The van der Waals surface area contributed by atoms with Crippen molar-refractivity contribution in [1.29, 1.82) is 0 Å². The molecular weight excluding hydrogens is 178 g/mol. The maximum absolute atomic E-state index is 11.5. The molecule has 3 heteroatoms. The normalized spacial score (nSPS) is 20.9. The number of hydrogen-bond acceptors (Lipinski definition) is 2. The summed E-state index contributed by atoms with van der Waals surface area (Å²) >= 11 is 0. The van der Waals surface area contributed by atoms with E-state index in [-0.39, 0.29) is 17.7 Å². The highest BCUT2D eigenvalue weighted by atomic mass is 16.2. The minimum Gasteiger partial charge on any atom is -0.346 e. The predicted molar refractivity (Wildman–Crippen MR) is 54.9 cm³/mol. The van der Waals surface area contributed by atoms with Crippen LogP contribution in [0.1, 0.15) is 51.9 Å². The second kappa shape index (κ2) is 5.78. The zero-order chi connectivity index (χ0) is 10.4. The van der Waals surface area contributed by atoms with Crippen LogP contribution in [0.3, 0.4) is 0 Å². The van der Waals surface area contributed by atoms with Crippen LogP contribution in [-0.4, -0.2) is 17.7 Å². The number of Topliss-reactive ketones (excluding diaryl/α,β-unsaturated/α-hetero) is 1. The first-order valence-corrected chi connectivity index (χ1v) is 5.56. The minimum absolute atomic E-state index is 0.0249. The highest BCUT2D eigenvalue weighted by molar-refractivity contribution is 5.91. The maximum Gasteiger partial charge on any atom is 0.220 e. The first-order valence-electron chi connectivity index (χ1n) is 5.56. The quantitative estimate of drug-likeness (QED) is 0.660. The van der Waals surface area contributed by atoms with Crippen LogP contribution in [0.5, 0.6) is 0 Å². The monoisotopic (exact) mass is 197 g/mol. The molecule has 1 atom stereocenters. The molecular formula is C11H19NO2. The van der Waals surface area contributed by atoms with E-state index < -0.39 is 0 Å². The van der Waals surface area contributed by atoms with Gasteiger partial charge in [-0.3, -0.25) is 9.59 Å². The molecule has 0 bridgehead atoms. The molecule has 1 aliphatic rings. The van der Waals surface area contributed by atoms with Crippen molar-refractivity contribution in [1.82, 2.24) is 5.32 Å². The summed E-state index contributed by atoms with van der Waals surface area (Å²) in [4.78, 5) is 22.4. The molecule has 0 unspecified atom stereocenters. The van der Waals surface area contributed by atoms with Crippen LogP contribution >= 0.6 is 0 Å². The van der Waals surface area contributed by atoms with Gasteiger partial charge in [0.05, 0.1) is 6.04 Å². The Morgan fingerprint density at radius 2 is 2.21 bits per heavy atom. The van der Waals surface area contributed by atoms with E-state index in [9.17, 15) is 9.59 Å². The van der Waals surface area contributed by atoms with Gasteiger partial charge in [0.15, 0.2) is 5.78 Å². The Kier molecular flexibility index (Phi) is 4.63. The summed E-state index contributed by atoms with van der Waals surface area (Å²) in [5, 5.41) is 2.71. The largest absolute Gasteiger partial charge is 0.346 e. The van der Waals surface area contributed by atoms with Crippen LogP contribution in [0.15, 0.2) is 0 Å². The van der Waals surface area contributed by atoms with Crippen LogP contribution in [0.25, 0.3) is 0 Å². The van der Waals surface area contributed by atoms with Crippen LogP contribution in [-0.2, 0) is 9.59 Å². The number of carbonyl (C=O) groups excluding carboxylic acids is 2. The fourth-order valence-corrected chi connectivity index (χ4v) is 1.76.